The van der Waals surface area contributed by atoms with Gasteiger partial charge in [-0.2, -0.15) is 13.2 Å². The first-order valence-corrected chi connectivity index (χ1v) is 5.54. The van der Waals surface area contributed by atoms with Crippen molar-refractivity contribution < 1.29 is 18.0 Å². The zero-order valence-electron chi connectivity index (χ0n) is 10.5. The third-order valence-corrected chi connectivity index (χ3v) is 2.63. The lowest BCUT2D eigenvalue weighted by Gasteiger charge is -2.14. The quantitative estimate of drug-likeness (QED) is 0.522. The lowest BCUT2D eigenvalue weighted by atomic mass is 10.1. The standard InChI is InChI=1S/C11H9F3N4O3/c1-4(19)17-18-8-3-6(15)5(11(12,13)14)2-7(8)16-9(20)10(18)21/h2-3H,15H2,1H3,(H,16,20)(H,17,19). The first kappa shape index (κ1) is 14.6. The number of H-pyrrole nitrogens is 1. The number of nitrogens with two attached hydrogens (primary N) is 1. The average molecular weight is 302 g/mol. The molecule has 0 radical (unpaired) electrons. The molecule has 1 aromatic carbocycles. The van der Waals surface area contributed by atoms with Crippen LogP contribution in [0.1, 0.15) is 12.5 Å². The number of fused-ring (bicyclic) bond motifs is 1. The van der Waals surface area contributed by atoms with Crippen LogP contribution in [0.4, 0.5) is 18.9 Å². The number of nitrogens with one attached hydrogen (secondary N) is 2. The van der Waals surface area contributed by atoms with Gasteiger partial charge in [0.25, 0.3) is 0 Å². The Balaban J connectivity index is 2.89. The highest BCUT2D eigenvalue weighted by Crippen LogP contribution is 2.35. The van der Waals surface area contributed by atoms with Crippen LogP contribution in [0.25, 0.3) is 11.0 Å². The number of halogens is 3. The van der Waals surface area contributed by atoms with Crippen LogP contribution in [0.3, 0.4) is 0 Å². The van der Waals surface area contributed by atoms with E-state index in [2.05, 4.69) is 5.43 Å². The van der Waals surface area contributed by atoms with Crippen molar-refractivity contribution in [3.05, 3.63) is 38.4 Å². The van der Waals surface area contributed by atoms with Crippen molar-refractivity contribution >= 4 is 22.6 Å². The number of benzene rings is 1. The largest absolute Gasteiger partial charge is 0.418 e. The molecule has 0 atom stereocenters. The number of anilines is 1. The van der Waals surface area contributed by atoms with Crippen LogP contribution >= 0.6 is 0 Å². The van der Waals surface area contributed by atoms with Gasteiger partial charge < -0.3 is 10.7 Å². The molecule has 21 heavy (non-hydrogen) atoms. The Morgan fingerprint density at radius 1 is 1.33 bits per heavy atom. The van der Waals surface area contributed by atoms with Crippen LogP contribution in [0.15, 0.2) is 21.7 Å². The maximum atomic E-state index is 12.8. The number of nitrogens with zero attached hydrogens (tertiary/aromatic N) is 1. The molecule has 0 bridgehead atoms. The van der Waals surface area contributed by atoms with Gasteiger partial charge in [-0.15, -0.1) is 0 Å². The fraction of sp³-hybridized carbons (Fsp3) is 0.182. The molecule has 1 aromatic heterocycles. The molecule has 2 rings (SSSR count). The zero-order valence-corrected chi connectivity index (χ0v) is 10.5. The van der Waals surface area contributed by atoms with Crippen molar-refractivity contribution in [3.8, 4) is 0 Å². The summed E-state index contributed by atoms with van der Waals surface area (Å²) in [5, 5.41) is 0. The Labute approximate surface area is 114 Å². The number of hydrogen-bond acceptors (Lipinski definition) is 4. The lowest BCUT2D eigenvalue weighted by molar-refractivity contribution is -0.136. The molecule has 7 nitrogen and oxygen atoms in total. The maximum absolute atomic E-state index is 12.8. The van der Waals surface area contributed by atoms with E-state index < -0.39 is 34.5 Å². The number of nitrogen functional groups attached to an aromatic ring is 1. The van der Waals surface area contributed by atoms with Gasteiger partial charge >= 0.3 is 17.3 Å². The molecule has 112 valence electrons. The predicted molar refractivity (Wildman–Crippen MR) is 68.3 cm³/mol. The minimum atomic E-state index is -4.72. The predicted octanol–water partition coefficient (Wildman–Crippen LogP) is 0.381. The summed E-state index contributed by atoms with van der Waals surface area (Å²) in [6.07, 6.45) is -4.72. The second-order valence-corrected chi connectivity index (χ2v) is 4.22. The average Bonchev–Trinajstić information content (AvgIpc) is 2.33. The molecule has 0 saturated carbocycles. The van der Waals surface area contributed by atoms with Gasteiger partial charge in [-0.1, -0.05) is 0 Å². The zero-order chi connectivity index (χ0) is 15.9. The molecule has 2 aromatic rings. The second-order valence-electron chi connectivity index (χ2n) is 4.22. The number of hydrogen-bond donors (Lipinski definition) is 3. The highest BCUT2D eigenvalue weighted by atomic mass is 19.4. The molecule has 4 N–H and O–H groups in total. The molecular weight excluding hydrogens is 293 g/mol. The Hall–Kier alpha value is -2.78. The molecule has 1 amide bonds. The van der Waals surface area contributed by atoms with Crippen LogP contribution in [-0.4, -0.2) is 15.6 Å². The van der Waals surface area contributed by atoms with Gasteiger partial charge in [-0.25, -0.2) is 4.68 Å². The van der Waals surface area contributed by atoms with Crippen molar-refractivity contribution in [2.75, 3.05) is 11.2 Å². The molecule has 0 fully saturated rings. The summed E-state index contributed by atoms with van der Waals surface area (Å²) in [5.41, 5.74) is 2.83. The van der Waals surface area contributed by atoms with Crippen molar-refractivity contribution in [1.29, 1.82) is 0 Å². The van der Waals surface area contributed by atoms with E-state index in [9.17, 15) is 27.6 Å². The highest BCUT2D eigenvalue weighted by Gasteiger charge is 2.33. The second kappa shape index (κ2) is 4.65. The molecular formula is C11H9F3N4O3. The number of alkyl halides is 3. The van der Waals surface area contributed by atoms with Crippen molar-refractivity contribution in [1.82, 2.24) is 9.66 Å². The molecule has 0 saturated heterocycles. The number of amides is 1. The van der Waals surface area contributed by atoms with E-state index in [4.69, 9.17) is 5.73 Å². The van der Waals surface area contributed by atoms with Gasteiger partial charge in [-0.3, -0.25) is 19.8 Å². The summed E-state index contributed by atoms with van der Waals surface area (Å²) in [4.78, 5) is 36.1. The summed E-state index contributed by atoms with van der Waals surface area (Å²) in [6.45, 7) is 1.08. The first-order chi connectivity index (χ1) is 9.61. The van der Waals surface area contributed by atoms with Crippen molar-refractivity contribution in [2.24, 2.45) is 0 Å². The van der Waals surface area contributed by atoms with Crippen LogP contribution in [0, 0.1) is 0 Å². The molecule has 1 heterocycles. The van der Waals surface area contributed by atoms with Crippen LogP contribution in [0.5, 0.6) is 0 Å². The number of carbonyl (C=O) groups is 1. The van der Waals surface area contributed by atoms with Gasteiger partial charge in [-0.05, 0) is 12.1 Å². The third kappa shape index (κ3) is 2.59. The van der Waals surface area contributed by atoms with Crippen molar-refractivity contribution in [2.45, 2.75) is 13.1 Å². The van der Waals surface area contributed by atoms with E-state index in [1.807, 2.05) is 4.98 Å². The molecule has 0 aliphatic rings. The van der Waals surface area contributed by atoms with Gasteiger partial charge in [0.1, 0.15) is 0 Å². The summed E-state index contributed by atoms with van der Waals surface area (Å²) in [6, 6.07) is 1.45. The Kier molecular flexibility index (Phi) is 3.24. The van der Waals surface area contributed by atoms with E-state index in [1.165, 1.54) is 0 Å². The smallest absolute Gasteiger partial charge is 0.398 e. The monoisotopic (exact) mass is 302 g/mol. The van der Waals surface area contributed by atoms with E-state index >= 15 is 0 Å². The Morgan fingerprint density at radius 2 is 1.95 bits per heavy atom. The molecule has 0 spiro atoms. The van der Waals surface area contributed by atoms with Gasteiger partial charge in [0.2, 0.25) is 5.91 Å². The highest BCUT2D eigenvalue weighted by molar-refractivity contribution is 5.86. The van der Waals surface area contributed by atoms with E-state index in [1.54, 1.807) is 0 Å². The maximum Gasteiger partial charge on any atom is 0.418 e. The fourth-order valence-corrected chi connectivity index (χ4v) is 1.79. The topological polar surface area (TPSA) is 110 Å². The fourth-order valence-electron chi connectivity index (χ4n) is 1.79. The summed E-state index contributed by atoms with van der Waals surface area (Å²) >= 11 is 0. The van der Waals surface area contributed by atoms with Gasteiger partial charge in [0.05, 0.1) is 16.6 Å². The normalized spacial score (nSPS) is 11.6. The molecule has 0 aliphatic heterocycles. The number of aromatic amines is 1. The summed E-state index contributed by atoms with van der Waals surface area (Å²) < 4.78 is 38.8. The number of aromatic nitrogens is 2. The molecule has 0 aliphatic carbocycles. The van der Waals surface area contributed by atoms with E-state index in [-0.39, 0.29) is 11.0 Å². The van der Waals surface area contributed by atoms with Gasteiger partial charge in [0.15, 0.2) is 0 Å². The minimum Gasteiger partial charge on any atom is -0.398 e. The van der Waals surface area contributed by atoms with E-state index in [0.29, 0.717) is 10.7 Å². The van der Waals surface area contributed by atoms with Gasteiger partial charge in [0, 0.05) is 12.6 Å². The Morgan fingerprint density at radius 3 is 2.48 bits per heavy atom. The Bertz CT molecular complexity index is 851. The van der Waals surface area contributed by atoms with Crippen LogP contribution in [-0.2, 0) is 11.0 Å². The first-order valence-electron chi connectivity index (χ1n) is 5.54. The van der Waals surface area contributed by atoms with Crippen LogP contribution in [0.2, 0.25) is 0 Å². The third-order valence-electron chi connectivity index (χ3n) is 2.63. The minimum absolute atomic E-state index is 0.153. The summed E-state index contributed by atoms with van der Waals surface area (Å²) in [7, 11) is 0. The van der Waals surface area contributed by atoms with E-state index in [0.717, 1.165) is 13.0 Å². The number of carbonyl (C=O) groups excluding carboxylic acids is 1. The van der Waals surface area contributed by atoms with Crippen LogP contribution < -0.4 is 22.3 Å². The summed E-state index contributed by atoms with van der Waals surface area (Å²) in [5.74, 6) is -0.678. The lowest BCUT2D eigenvalue weighted by Crippen LogP contribution is -2.42. The van der Waals surface area contributed by atoms with Crippen molar-refractivity contribution in [3.63, 3.8) is 0 Å². The molecule has 10 heteroatoms. The molecule has 0 unspecified atom stereocenters. The number of rotatable bonds is 1. The SMILES string of the molecule is CC(=O)Nn1c(=O)c(=O)[nH]c2cc(C(F)(F)F)c(N)cc21.